The van der Waals surface area contributed by atoms with Crippen LogP contribution in [0.5, 0.6) is 0 Å². The molecule has 0 heterocycles. The summed E-state index contributed by atoms with van der Waals surface area (Å²) in [7, 11) is 0. The van der Waals surface area contributed by atoms with Gasteiger partial charge in [0.15, 0.2) is 0 Å². The van der Waals surface area contributed by atoms with E-state index in [0.717, 1.165) is 18.5 Å². The Balaban J connectivity index is 2.01. The van der Waals surface area contributed by atoms with E-state index in [-0.39, 0.29) is 0 Å². The lowest BCUT2D eigenvalue weighted by Crippen LogP contribution is -2.54. The predicted molar refractivity (Wildman–Crippen MR) is 55.6 cm³/mol. The van der Waals surface area contributed by atoms with Gasteiger partial charge >= 0.3 is 0 Å². The molecule has 2 rings (SSSR count). The average molecular weight is 182 g/mol. The molecule has 0 amide bonds. The van der Waals surface area contributed by atoms with Gasteiger partial charge in [0.2, 0.25) is 0 Å². The average Bonchev–Trinajstić information content (AvgIpc) is 2.85. The Morgan fingerprint density at radius 2 is 2.15 bits per heavy atom. The van der Waals surface area contributed by atoms with E-state index in [2.05, 4.69) is 12.2 Å². The number of hydrogen-bond donors (Lipinski definition) is 2. The van der Waals surface area contributed by atoms with Crippen LogP contribution in [0.15, 0.2) is 0 Å². The first-order valence-corrected chi connectivity index (χ1v) is 5.78. The molecule has 2 unspecified atom stereocenters. The molecule has 2 heteroatoms. The van der Waals surface area contributed by atoms with Crippen LogP contribution in [0.2, 0.25) is 0 Å². The zero-order chi connectivity index (χ0) is 9.31. The molecule has 13 heavy (non-hydrogen) atoms. The van der Waals surface area contributed by atoms with Crippen molar-refractivity contribution in [1.82, 2.24) is 5.32 Å². The third kappa shape index (κ3) is 1.75. The number of nitrogens with two attached hydrogens (primary N) is 1. The molecule has 0 spiro atoms. The summed E-state index contributed by atoms with van der Waals surface area (Å²) >= 11 is 0. The van der Waals surface area contributed by atoms with E-state index in [9.17, 15) is 0 Å². The highest BCUT2D eigenvalue weighted by atomic mass is 15.1. The van der Waals surface area contributed by atoms with Gasteiger partial charge in [-0.15, -0.1) is 0 Å². The van der Waals surface area contributed by atoms with Gasteiger partial charge in [-0.3, -0.25) is 0 Å². The maximum Gasteiger partial charge on any atom is 0.0334 e. The van der Waals surface area contributed by atoms with Crippen molar-refractivity contribution >= 4 is 0 Å². The number of hydrogen-bond acceptors (Lipinski definition) is 2. The van der Waals surface area contributed by atoms with Crippen molar-refractivity contribution in [2.24, 2.45) is 11.7 Å². The van der Waals surface area contributed by atoms with Gasteiger partial charge < -0.3 is 11.1 Å². The van der Waals surface area contributed by atoms with Crippen LogP contribution in [0, 0.1) is 5.92 Å². The molecule has 2 fully saturated rings. The van der Waals surface area contributed by atoms with Crippen LogP contribution in [-0.2, 0) is 0 Å². The van der Waals surface area contributed by atoms with Crippen LogP contribution >= 0.6 is 0 Å². The zero-order valence-electron chi connectivity index (χ0n) is 8.68. The Morgan fingerprint density at radius 3 is 2.69 bits per heavy atom. The smallest absolute Gasteiger partial charge is 0.0334 e. The topological polar surface area (TPSA) is 38.0 Å². The second kappa shape index (κ2) is 3.58. The van der Waals surface area contributed by atoms with Gasteiger partial charge in [0.25, 0.3) is 0 Å². The predicted octanol–water partition coefficient (Wildman–Crippen LogP) is 1.65. The minimum Gasteiger partial charge on any atom is -0.329 e. The van der Waals surface area contributed by atoms with Crippen LogP contribution < -0.4 is 11.1 Å². The molecule has 2 aliphatic carbocycles. The normalized spacial score (nSPS) is 39.7. The highest BCUT2D eigenvalue weighted by Crippen LogP contribution is 2.39. The molecule has 2 saturated carbocycles. The van der Waals surface area contributed by atoms with Gasteiger partial charge in [0.1, 0.15) is 0 Å². The SMILES string of the molecule is CCC1CCCC1(CN)NC1CC1. The Labute approximate surface area is 81.3 Å². The largest absolute Gasteiger partial charge is 0.329 e. The minimum atomic E-state index is 0.315. The number of nitrogens with one attached hydrogen (secondary N) is 1. The minimum absolute atomic E-state index is 0.315. The van der Waals surface area contributed by atoms with Gasteiger partial charge in [-0.25, -0.2) is 0 Å². The fourth-order valence-electron chi connectivity index (χ4n) is 2.89. The van der Waals surface area contributed by atoms with Gasteiger partial charge in [-0.2, -0.15) is 0 Å². The molecule has 3 N–H and O–H groups in total. The van der Waals surface area contributed by atoms with Gasteiger partial charge in [0.05, 0.1) is 0 Å². The fourth-order valence-corrected chi connectivity index (χ4v) is 2.89. The van der Waals surface area contributed by atoms with Crippen molar-refractivity contribution in [2.45, 2.75) is 57.0 Å². The quantitative estimate of drug-likeness (QED) is 0.693. The Hall–Kier alpha value is -0.0800. The molecule has 2 nitrogen and oxygen atoms in total. The maximum absolute atomic E-state index is 5.95. The molecule has 0 aromatic heterocycles. The highest BCUT2D eigenvalue weighted by molar-refractivity contribution is 5.03. The maximum atomic E-state index is 5.95. The van der Waals surface area contributed by atoms with Gasteiger partial charge in [-0.05, 0) is 31.6 Å². The Bertz CT molecular complexity index is 177. The first-order chi connectivity index (χ1) is 6.30. The van der Waals surface area contributed by atoms with Crippen LogP contribution in [0.4, 0.5) is 0 Å². The van der Waals surface area contributed by atoms with E-state index in [1.807, 2.05) is 0 Å². The monoisotopic (exact) mass is 182 g/mol. The molecule has 0 radical (unpaired) electrons. The van der Waals surface area contributed by atoms with Crippen LogP contribution in [0.3, 0.4) is 0 Å². The summed E-state index contributed by atoms with van der Waals surface area (Å²) in [6.07, 6.45) is 8.09. The van der Waals surface area contributed by atoms with Crippen molar-refractivity contribution in [3.63, 3.8) is 0 Å². The van der Waals surface area contributed by atoms with E-state index in [1.165, 1.54) is 38.5 Å². The van der Waals surface area contributed by atoms with Crippen molar-refractivity contribution in [3.05, 3.63) is 0 Å². The summed E-state index contributed by atoms with van der Waals surface area (Å²) in [6, 6.07) is 0.802. The lowest BCUT2D eigenvalue weighted by Gasteiger charge is -2.35. The molecular formula is C11H22N2. The van der Waals surface area contributed by atoms with Crippen LogP contribution in [0.1, 0.15) is 45.4 Å². The third-order valence-electron chi connectivity index (χ3n) is 3.88. The van der Waals surface area contributed by atoms with Gasteiger partial charge in [0, 0.05) is 18.1 Å². The van der Waals surface area contributed by atoms with Gasteiger partial charge in [-0.1, -0.05) is 19.8 Å². The summed E-state index contributed by atoms with van der Waals surface area (Å²) in [6.45, 7) is 3.14. The van der Waals surface area contributed by atoms with E-state index < -0.39 is 0 Å². The van der Waals surface area contributed by atoms with Crippen molar-refractivity contribution in [1.29, 1.82) is 0 Å². The van der Waals surface area contributed by atoms with Crippen LogP contribution in [-0.4, -0.2) is 18.1 Å². The first kappa shape index (κ1) is 9.47. The molecule has 0 aromatic carbocycles. The molecular weight excluding hydrogens is 160 g/mol. The molecule has 0 bridgehead atoms. The summed E-state index contributed by atoms with van der Waals surface area (Å²) in [5.74, 6) is 0.832. The van der Waals surface area contributed by atoms with E-state index in [4.69, 9.17) is 5.73 Å². The second-order valence-corrected chi connectivity index (χ2v) is 4.78. The number of rotatable bonds is 4. The second-order valence-electron chi connectivity index (χ2n) is 4.78. The van der Waals surface area contributed by atoms with E-state index in [1.54, 1.807) is 0 Å². The van der Waals surface area contributed by atoms with Crippen molar-refractivity contribution in [2.75, 3.05) is 6.54 Å². The molecule has 0 saturated heterocycles. The van der Waals surface area contributed by atoms with Crippen molar-refractivity contribution < 1.29 is 0 Å². The summed E-state index contributed by atoms with van der Waals surface area (Å²) in [5.41, 5.74) is 6.26. The molecule has 0 aromatic rings. The Morgan fingerprint density at radius 1 is 1.38 bits per heavy atom. The third-order valence-corrected chi connectivity index (χ3v) is 3.88. The van der Waals surface area contributed by atoms with E-state index in [0.29, 0.717) is 5.54 Å². The molecule has 2 atom stereocenters. The Kier molecular flexibility index (Phi) is 2.61. The van der Waals surface area contributed by atoms with Crippen molar-refractivity contribution in [3.8, 4) is 0 Å². The summed E-state index contributed by atoms with van der Waals surface area (Å²) < 4.78 is 0. The highest BCUT2D eigenvalue weighted by Gasteiger charge is 2.43. The fraction of sp³-hybridized carbons (Fsp3) is 1.00. The lowest BCUT2D eigenvalue weighted by atomic mass is 9.85. The van der Waals surface area contributed by atoms with E-state index >= 15 is 0 Å². The van der Waals surface area contributed by atoms with Crippen LogP contribution in [0.25, 0.3) is 0 Å². The summed E-state index contributed by atoms with van der Waals surface area (Å²) in [5, 5.41) is 3.79. The zero-order valence-corrected chi connectivity index (χ0v) is 8.68. The standard InChI is InChI=1S/C11H22N2/c1-2-9-4-3-7-11(9,8-12)13-10-5-6-10/h9-10,13H,2-8,12H2,1H3. The molecule has 0 aliphatic heterocycles. The summed E-state index contributed by atoms with van der Waals surface area (Å²) in [4.78, 5) is 0. The lowest BCUT2D eigenvalue weighted by molar-refractivity contribution is 0.242. The first-order valence-electron chi connectivity index (χ1n) is 5.78. The molecule has 76 valence electrons. The molecule has 2 aliphatic rings.